The number of halogens is 1. The van der Waals surface area contributed by atoms with Crippen molar-refractivity contribution < 1.29 is 0 Å². The van der Waals surface area contributed by atoms with Crippen LogP contribution in [0.3, 0.4) is 0 Å². The second-order valence-corrected chi connectivity index (χ2v) is 18.0. The van der Waals surface area contributed by atoms with E-state index in [0.29, 0.717) is 0 Å². The van der Waals surface area contributed by atoms with E-state index in [1.165, 1.54) is 140 Å². The normalized spacial score (nSPS) is 13.5. The molecule has 0 aliphatic rings. The summed E-state index contributed by atoms with van der Waals surface area (Å²) < 4.78 is 0. The van der Waals surface area contributed by atoms with E-state index in [2.05, 4.69) is 27.7 Å². The fourth-order valence-electron chi connectivity index (χ4n) is 4.76. The molecule has 0 atom stereocenters. The molecule has 0 radical (unpaired) electrons. The first-order chi connectivity index (χ1) is 13.5. The van der Waals surface area contributed by atoms with Crippen molar-refractivity contribution in [2.24, 2.45) is 0 Å². The van der Waals surface area contributed by atoms with Gasteiger partial charge in [0.2, 0.25) is 0 Å². The Labute approximate surface area is 185 Å². The monoisotopic (exact) mass is 434 g/mol. The zero-order chi connectivity index (χ0) is 21.0. The summed E-state index contributed by atoms with van der Waals surface area (Å²) in [5.74, 6) is -2.04. The van der Waals surface area contributed by atoms with Crippen LogP contribution < -0.4 is 0 Å². The molecule has 0 aromatic heterocycles. The predicted octanol–water partition coefficient (Wildman–Crippen LogP) is 10.8. The number of hydrogen-bond donors (Lipinski definition) is 0. The Kier molecular flexibility index (Phi) is 19.0. The van der Waals surface area contributed by atoms with Gasteiger partial charge in [0.1, 0.15) is 0 Å². The van der Waals surface area contributed by atoms with Crippen molar-refractivity contribution in [3.05, 3.63) is 0 Å². The molecule has 0 aromatic rings. The van der Waals surface area contributed by atoms with Gasteiger partial charge < -0.3 is 0 Å². The van der Waals surface area contributed by atoms with Crippen LogP contribution in [0.4, 0.5) is 0 Å². The van der Waals surface area contributed by atoms with Crippen molar-refractivity contribution in [3.63, 3.8) is 0 Å². The van der Waals surface area contributed by atoms with E-state index in [1.54, 1.807) is 0 Å². The van der Waals surface area contributed by atoms with Crippen molar-refractivity contribution in [1.82, 2.24) is 0 Å². The molecular weight excluding hydrogens is 379 g/mol. The van der Waals surface area contributed by atoms with Crippen molar-refractivity contribution in [3.8, 4) is 0 Å². The molecule has 0 saturated heterocycles. The van der Waals surface area contributed by atoms with Crippen molar-refractivity contribution in [1.29, 1.82) is 0 Å². The summed E-state index contributed by atoms with van der Waals surface area (Å²) in [7, 11) is 0. The molecule has 0 bridgehead atoms. The fraction of sp³-hybridized carbons (Fsp3) is 1.00. The third kappa shape index (κ3) is 14.7. The van der Waals surface area contributed by atoms with Gasteiger partial charge in [-0.3, -0.25) is 0 Å². The van der Waals surface area contributed by atoms with Gasteiger partial charge in [-0.05, 0) is 0 Å². The summed E-state index contributed by atoms with van der Waals surface area (Å²) >= 11 is 7.91. The Hall–Kier alpha value is 0.720. The molecule has 0 heterocycles. The first-order valence-corrected chi connectivity index (χ1v) is 17.1. The average molecular weight is 435 g/mol. The molecule has 0 amide bonds. The Bertz CT molecular complexity index is 298. The van der Waals surface area contributed by atoms with E-state index in [9.17, 15) is 0 Å². The molecule has 2 heteroatoms. The molecule has 172 valence electrons. The predicted molar refractivity (Wildman–Crippen MR) is 138 cm³/mol. The topological polar surface area (TPSA) is 0 Å². The van der Waals surface area contributed by atoms with Crippen LogP contribution in [-0.2, 0) is 0 Å². The molecule has 28 heavy (non-hydrogen) atoms. The second-order valence-electron chi connectivity index (χ2n) is 9.66. The van der Waals surface area contributed by atoms with Gasteiger partial charge in [0.25, 0.3) is 0 Å². The quantitative estimate of drug-likeness (QED) is 0.117. The molecular formula is C26H56ClP. The fourth-order valence-corrected chi connectivity index (χ4v) is 11.6. The number of unbranched alkanes of at least 4 members (excludes halogenated alkanes) is 14. The maximum absolute atomic E-state index is 7.91. The van der Waals surface area contributed by atoms with Crippen LogP contribution in [-0.4, -0.2) is 24.6 Å². The second kappa shape index (κ2) is 18.5. The van der Waals surface area contributed by atoms with Crippen LogP contribution in [0.5, 0.6) is 0 Å². The van der Waals surface area contributed by atoms with Gasteiger partial charge >= 0.3 is 185 Å². The molecule has 0 saturated carbocycles. The molecule has 0 N–H and O–H groups in total. The van der Waals surface area contributed by atoms with Gasteiger partial charge in [-0.2, -0.15) is 0 Å². The zero-order valence-electron chi connectivity index (χ0n) is 20.4. The van der Waals surface area contributed by atoms with Crippen LogP contribution in [0, 0.1) is 0 Å². The molecule has 0 aliphatic carbocycles. The minimum absolute atomic E-state index is 1.34. The van der Waals surface area contributed by atoms with Crippen molar-refractivity contribution in [2.45, 2.75) is 143 Å². The minimum atomic E-state index is -2.04. The number of rotatable bonds is 22. The Balaban J connectivity index is 4.95. The Morgan fingerprint density at radius 3 is 0.821 bits per heavy atom. The standard InChI is InChI=1S/C26H56ClP/c1-5-9-13-17-21-25-28(27,23-19-15-11-7-3,24-20-16-12-8-4)26-22-18-14-10-6-2/h5-26H2,1-4H3. The third-order valence-electron chi connectivity index (χ3n) is 6.78. The van der Waals surface area contributed by atoms with Gasteiger partial charge in [0.05, 0.1) is 0 Å². The van der Waals surface area contributed by atoms with E-state index in [-0.39, 0.29) is 0 Å². The first-order valence-electron chi connectivity index (χ1n) is 13.3. The molecule has 0 fully saturated rings. The summed E-state index contributed by atoms with van der Waals surface area (Å²) in [4.78, 5) is 0. The summed E-state index contributed by atoms with van der Waals surface area (Å²) in [6.07, 6.45) is 30.6. The van der Waals surface area contributed by atoms with Gasteiger partial charge in [0.15, 0.2) is 0 Å². The molecule has 0 spiro atoms. The van der Waals surface area contributed by atoms with Crippen molar-refractivity contribution >= 4 is 17.2 Å². The Morgan fingerprint density at radius 2 is 0.571 bits per heavy atom. The van der Waals surface area contributed by atoms with Crippen LogP contribution in [0.2, 0.25) is 0 Å². The summed E-state index contributed by atoms with van der Waals surface area (Å²) in [5, 5.41) is 0. The molecule has 0 nitrogen and oxygen atoms in total. The maximum atomic E-state index is 7.91. The van der Waals surface area contributed by atoms with Crippen LogP contribution in [0.25, 0.3) is 0 Å². The van der Waals surface area contributed by atoms with Gasteiger partial charge in [0, 0.05) is 0 Å². The van der Waals surface area contributed by atoms with E-state index >= 15 is 0 Å². The number of hydrogen-bond acceptors (Lipinski definition) is 0. The van der Waals surface area contributed by atoms with Crippen LogP contribution in [0.1, 0.15) is 143 Å². The van der Waals surface area contributed by atoms with E-state index in [0.717, 1.165) is 0 Å². The molecule has 0 unspecified atom stereocenters. The Morgan fingerprint density at radius 1 is 0.357 bits per heavy atom. The molecule has 0 rings (SSSR count). The summed E-state index contributed by atoms with van der Waals surface area (Å²) in [6.45, 7) is 9.29. The zero-order valence-corrected chi connectivity index (χ0v) is 22.0. The van der Waals surface area contributed by atoms with E-state index in [1.807, 2.05) is 0 Å². The molecule has 0 aliphatic heterocycles. The average Bonchev–Trinajstić information content (AvgIpc) is 2.69. The van der Waals surface area contributed by atoms with Gasteiger partial charge in [-0.1, -0.05) is 0 Å². The first kappa shape index (κ1) is 28.7. The summed E-state index contributed by atoms with van der Waals surface area (Å²) in [5.41, 5.74) is 0. The van der Waals surface area contributed by atoms with Crippen molar-refractivity contribution in [2.75, 3.05) is 24.6 Å². The van der Waals surface area contributed by atoms with E-state index < -0.39 is 5.96 Å². The van der Waals surface area contributed by atoms with E-state index in [4.69, 9.17) is 11.2 Å². The summed E-state index contributed by atoms with van der Waals surface area (Å²) in [6, 6.07) is 0. The van der Waals surface area contributed by atoms with Gasteiger partial charge in [-0.15, -0.1) is 0 Å². The third-order valence-corrected chi connectivity index (χ3v) is 14.5. The van der Waals surface area contributed by atoms with Crippen LogP contribution >= 0.6 is 17.2 Å². The molecule has 0 aromatic carbocycles. The van der Waals surface area contributed by atoms with Gasteiger partial charge in [-0.25, -0.2) is 0 Å². The van der Waals surface area contributed by atoms with Crippen LogP contribution in [0.15, 0.2) is 0 Å². The SMILES string of the molecule is CCCCCCCP(Cl)(CCCCCC)(CCCCCC)CCCCCCC.